The number of carbonyl (C=O) groups is 2. The molecule has 4 nitrogen and oxygen atoms in total. The van der Waals surface area contributed by atoms with Crippen LogP contribution in [-0.4, -0.2) is 22.2 Å². The van der Waals surface area contributed by atoms with E-state index in [0.29, 0.717) is 12.2 Å². The van der Waals surface area contributed by atoms with E-state index in [2.05, 4.69) is 13.2 Å². The maximum absolute atomic E-state index is 9.55. The molecule has 0 aromatic heterocycles. The first kappa shape index (κ1) is 16.6. The van der Waals surface area contributed by atoms with E-state index in [1.807, 2.05) is 0 Å². The van der Waals surface area contributed by atoms with Gasteiger partial charge in [0.25, 0.3) is 0 Å². The molecule has 0 aliphatic rings. The molecule has 0 unspecified atom stereocenters. The van der Waals surface area contributed by atoms with Crippen LogP contribution in [0.4, 0.5) is 0 Å². The largest absolute Gasteiger partial charge is 2.00 e. The van der Waals surface area contributed by atoms with E-state index in [9.17, 15) is 9.59 Å². The molecule has 0 aromatic rings. The Morgan fingerprint density at radius 2 is 1.18 bits per heavy atom. The van der Waals surface area contributed by atoms with Crippen LogP contribution >= 0.6 is 0 Å². The molecule has 0 saturated heterocycles. The van der Waals surface area contributed by atoms with Crippen molar-refractivity contribution in [2.45, 2.75) is 0 Å². The van der Waals surface area contributed by atoms with Gasteiger partial charge in [-0.05, 0) is 0 Å². The quantitative estimate of drug-likeness (QED) is 0.395. The normalized spacial score (nSPS) is 7.27. The van der Waals surface area contributed by atoms with Gasteiger partial charge in [0.2, 0.25) is 0 Å². The molecule has 0 atom stereocenters. The summed E-state index contributed by atoms with van der Waals surface area (Å²) >= 11 is 0. The van der Waals surface area contributed by atoms with E-state index in [1.165, 1.54) is 0 Å². The summed E-state index contributed by atoms with van der Waals surface area (Å²) in [7, 11) is 0. The van der Waals surface area contributed by atoms with Crippen molar-refractivity contribution < 1.29 is 39.3 Å². The van der Waals surface area contributed by atoms with Gasteiger partial charge in [0.1, 0.15) is 0 Å². The zero-order valence-electron chi connectivity index (χ0n) is 5.99. The second-order valence-corrected chi connectivity index (χ2v) is 1.01. The van der Waals surface area contributed by atoms with Crippen molar-refractivity contribution in [2.75, 3.05) is 0 Å². The van der Waals surface area contributed by atoms with Crippen molar-refractivity contribution in [3.05, 3.63) is 25.3 Å². The van der Waals surface area contributed by atoms with Crippen LogP contribution in [0.3, 0.4) is 0 Å². The molecule has 0 saturated carbocycles. The first-order valence-corrected chi connectivity index (χ1v) is 2.27. The molecule has 2 N–H and O–H groups in total. The van der Waals surface area contributed by atoms with Gasteiger partial charge in [-0.25, -0.2) is 9.59 Å². The topological polar surface area (TPSA) is 74.6 Å². The average molecular weight is 210 g/mol. The van der Waals surface area contributed by atoms with Gasteiger partial charge in [0.15, 0.2) is 0 Å². The average Bonchev–Trinajstić information content (AvgIpc) is 1.89. The van der Waals surface area contributed by atoms with E-state index < -0.39 is 11.9 Å². The summed E-state index contributed by atoms with van der Waals surface area (Å²) in [6, 6.07) is 0. The molecule has 0 bridgehead atoms. The van der Waals surface area contributed by atoms with Gasteiger partial charge in [0.05, 0.1) is 0 Å². The van der Waals surface area contributed by atoms with Gasteiger partial charge >= 0.3 is 31.4 Å². The molecule has 0 spiro atoms. The van der Waals surface area contributed by atoms with Gasteiger partial charge in [-0.3, -0.25) is 0 Å². The summed E-state index contributed by atoms with van der Waals surface area (Å²) < 4.78 is 0. The van der Waals surface area contributed by atoms with E-state index in [1.54, 1.807) is 0 Å². The van der Waals surface area contributed by atoms with Crippen LogP contribution in [0.1, 0.15) is 0 Å². The predicted octanol–water partition coefficient (Wildman–Crippen LogP) is 0.512. The first-order chi connectivity index (χ1) is 4.63. The van der Waals surface area contributed by atoms with E-state index in [0.717, 1.165) is 0 Å². The van der Waals surface area contributed by atoms with Crippen LogP contribution in [-0.2, 0) is 29.1 Å². The third kappa shape index (κ3) is 27.4. The van der Waals surface area contributed by atoms with Crippen LogP contribution in [0, 0.1) is 0 Å². The van der Waals surface area contributed by atoms with Crippen molar-refractivity contribution in [3.63, 3.8) is 0 Å². The Kier molecular flexibility index (Phi) is 17.8. The van der Waals surface area contributed by atoms with Gasteiger partial charge in [0, 0.05) is 12.2 Å². The molecule has 0 rings (SSSR count). The van der Waals surface area contributed by atoms with Gasteiger partial charge in [-0.15, -0.1) is 13.2 Å². The Balaban J connectivity index is -0.000000196. The second kappa shape index (κ2) is 11.8. The van der Waals surface area contributed by atoms with Crippen molar-refractivity contribution in [1.82, 2.24) is 0 Å². The summed E-state index contributed by atoms with van der Waals surface area (Å²) in [5, 5.41) is 15.6. The second-order valence-electron chi connectivity index (χ2n) is 1.01. The van der Waals surface area contributed by atoms with E-state index >= 15 is 0 Å². The summed E-state index contributed by atoms with van der Waals surface area (Å²) in [5.41, 5.74) is 0. The van der Waals surface area contributed by atoms with Crippen LogP contribution < -0.4 is 0 Å². The number of hydrogen-bond acceptors (Lipinski definition) is 2. The molecule has 0 heterocycles. The van der Waals surface area contributed by atoms with Gasteiger partial charge in [-0.2, -0.15) is 0 Å². The number of aliphatic carboxylic acids is 2. The molecule has 0 radical (unpaired) electrons. The van der Waals surface area contributed by atoms with Crippen LogP contribution in [0.2, 0.25) is 0 Å². The molecule has 0 aromatic carbocycles. The number of carboxylic acid groups (broad SMARTS) is 2. The molecule has 0 aliphatic carbocycles. The molecule has 0 fully saturated rings. The third-order valence-electron chi connectivity index (χ3n) is 0.368. The standard InChI is InChI=1S/C4H4O4.C2H4.Zn/c5-3(6)1-2-4(7)8;1-2;/h1-2H,(H,5,6)(H,7,8);1-2H2;/q;;+2/b2-1-;;. The van der Waals surface area contributed by atoms with E-state index in [4.69, 9.17) is 10.2 Å². The van der Waals surface area contributed by atoms with Crippen molar-refractivity contribution in [1.29, 1.82) is 0 Å². The summed E-state index contributed by atoms with van der Waals surface area (Å²) in [5.74, 6) is -2.51. The monoisotopic (exact) mass is 208 g/mol. The number of rotatable bonds is 2. The summed E-state index contributed by atoms with van der Waals surface area (Å²) in [4.78, 5) is 19.1. The fraction of sp³-hybridized carbons (Fsp3) is 0. The van der Waals surface area contributed by atoms with Gasteiger partial charge in [-0.1, -0.05) is 0 Å². The minimum atomic E-state index is -1.26. The van der Waals surface area contributed by atoms with Gasteiger partial charge < -0.3 is 10.2 Å². The SMILES string of the molecule is C=C.O=C(O)/C=C\C(=O)O.[Zn+2]. The fourth-order valence-electron chi connectivity index (χ4n) is 0.143. The maximum Gasteiger partial charge on any atom is 2.00 e. The van der Waals surface area contributed by atoms with Crippen molar-refractivity contribution in [2.24, 2.45) is 0 Å². The number of hydrogen-bond donors (Lipinski definition) is 2. The molecule has 0 amide bonds. The Bertz CT molecular complexity index is 137. The summed E-state index contributed by atoms with van der Waals surface area (Å²) in [6.07, 6.45) is 1.12. The fourth-order valence-corrected chi connectivity index (χ4v) is 0.143. The first-order valence-electron chi connectivity index (χ1n) is 2.27. The van der Waals surface area contributed by atoms with E-state index in [-0.39, 0.29) is 19.5 Å². The zero-order valence-corrected chi connectivity index (χ0v) is 8.95. The smallest absolute Gasteiger partial charge is 0.478 e. The molecule has 56 valence electrons. The molecule has 5 heteroatoms. The molecular weight excluding hydrogens is 201 g/mol. The maximum atomic E-state index is 9.55. The predicted molar refractivity (Wildman–Crippen MR) is 35.7 cm³/mol. The Morgan fingerprint density at radius 3 is 1.27 bits per heavy atom. The minimum Gasteiger partial charge on any atom is -0.478 e. The van der Waals surface area contributed by atoms with Crippen molar-refractivity contribution in [3.8, 4) is 0 Å². The summed E-state index contributed by atoms with van der Waals surface area (Å²) in [6.45, 7) is 6.00. The zero-order chi connectivity index (χ0) is 8.57. The Labute approximate surface area is 77.0 Å². The molecule has 0 aliphatic heterocycles. The molecule has 11 heavy (non-hydrogen) atoms. The van der Waals surface area contributed by atoms with Crippen LogP contribution in [0.15, 0.2) is 25.3 Å². The van der Waals surface area contributed by atoms with Crippen LogP contribution in [0.5, 0.6) is 0 Å². The third-order valence-corrected chi connectivity index (χ3v) is 0.368. The van der Waals surface area contributed by atoms with Crippen molar-refractivity contribution >= 4 is 11.9 Å². The minimum absolute atomic E-state index is 0. The number of carboxylic acids is 2. The molecular formula is C6H8O4Zn+2. The Hall–Kier alpha value is -0.957. The van der Waals surface area contributed by atoms with Crippen LogP contribution in [0.25, 0.3) is 0 Å². The Morgan fingerprint density at radius 1 is 1.00 bits per heavy atom.